The number of carboxylic acid groups (broad SMARTS) is 1. The first-order chi connectivity index (χ1) is 6.18. The Kier molecular flexibility index (Phi) is 3.96. The van der Waals surface area contributed by atoms with Crippen molar-refractivity contribution in [3.63, 3.8) is 0 Å². The highest BCUT2D eigenvalue weighted by Gasteiger charge is 2.18. The molecule has 74 valence electrons. The Balaban J connectivity index is 2.09. The third-order valence-corrected chi connectivity index (χ3v) is 2.47. The topological polar surface area (TPSA) is 40.5 Å². The number of aliphatic carboxylic acids is 1. The van der Waals surface area contributed by atoms with Gasteiger partial charge in [0.2, 0.25) is 0 Å². The monoisotopic (exact) mass is 183 g/mol. The average Bonchev–Trinajstić information content (AvgIpc) is 1.96. The first kappa shape index (κ1) is 10.3. The number of nitrogens with zero attached hydrogens (tertiary/aromatic N) is 1. The predicted molar refractivity (Wildman–Crippen MR) is 51.6 cm³/mol. The van der Waals surface area contributed by atoms with Gasteiger partial charge in [0.1, 0.15) is 0 Å². The Labute approximate surface area is 79.0 Å². The minimum Gasteiger partial charge on any atom is -0.478 e. The molecule has 0 atom stereocenters. The summed E-state index contributed by atoms with van der Waals surface area (Å²) in [4.78, 5) is 12.3. The molecule has 0 unspecified atom stereocenters. The van der Waals surface area contributed by atoms with Crippen LogP contribution in [0.1, 0.15) is 19.3 Å². The Morgan fingerprint density at radius 1 is 1.62 bits per heavy atom. The number of hydrogen-bond donors (Lipinski definition) is 1. The quantitative estimate of drug-likeness (QED) is 0.654. The molecular weight excluding hydrogens is 166 g/mol. The smallest absolute Gasteiger partial charge is 0.328 e. The molecule has 3 nitrogen and oxygen atoms in total. The molecule has 13 heavy (non-hydrogen) atoms. The lowest BCUT2D eigenvalue weighted by Crippen LogP contribution is -2.29. The van der Waals surface area contributed by atoms with Gasteiger partial charge in [-0.2, -0.15) is 0 Å². The van der Waals surface area contributed by atoms with Gasteiger partial charge < -0.3 is 10.0 Å². The van der Waals surface area contributed by atoms with Crippen LogP contribution >= 0.6 is 0 Å². The third-order valence-electron chi connectivity index (χ3n) is 2.47. The largest absolute Gasteiger partial charge is 0.478 e. The van der Waals surface area contributed by atoms with Gasteiger partial charge in [-0.25, -0.2) is 4.79 Å². The van der Waals surface area contributed by atoms with Crippen molar-refractivity contribution in [3.8, 4) is 0 Å². The van der Waals surface area contributed by atoms with Crippen molar-refractivity contribution in [3.05, 3.63) is 12.2 Å². The minimum absolute atomic E-state index is 0.739. The molecule has 0 aromatic heterocycles. The van der Waals surface area contributed by atoms with Gasteiger partial charge in [-0.1, -0.05) is 12.5 Å². The van der Waals surface area contributed by atoms with Crippen LogP contribution in [0.5, 0.6) is 0 Å². The zero-order valence-corrected chi connectivity index (χ0v) is 8.07. The van der Waals surface area contributed by atoms with Gasteiger partial charge in [0, 0.05) is 19.2 Å². The molecule has 0 spiro atoms. The zero-order chi connectivity index (χ0) is 9.68. The summed E-state index contributed by atoms with van der Waals surface area (Å²) in [6.07, 6.45) is 6.95. The zero-order valence-electron chi connectivity index (χ0n) is 8.07. The van der Waals surface area contributed by atoms with Crippen molar-refractivity contribution in [1.82, 2.24) is 4.90 Å². The van der Waals surface area contributed by atoms with E-state index in [2.05, 4.69) is 4.90 Å². The molecule has 0 aromatic carbocycles. The van der Waals surface area contributed by atoms with Crippen molar-refractivity contribution in [1.29, 1.82) is 0 Å². The highest BCUT2D eigenvalue weighted by Crippen LogP contribution is 2.26. The molecule has 0 heterocycles. The number of rotatable bonds is 5. The summed E-state index contributed by atoms with van der Waals surface area (Å²) in [5.41, 5.74) is 0. The summed E-state index contributed by atoms with van der Waals surface area (Å²) in [6.45, 7) is 1.84. The standard InChI is InChI=1S/C10H17NO2/c1-11(7-3-6-10(12)13)8-9-4-2-5-9/h3,6,9H,2,4-5,7-8H2,1H3,(H,12,13). The fourth-order valence-electron chi connectivity index (χ4n) is 1.52. The van der Waals surface area contributed by atoms with Gasteiger partial charge >= 0.3 is 5.97 Å². The van der Waals surface area contributed by atoms with E-state index >= 15 is 0 Å². The molecule has 0 amide bonds. The van der Waals surface area contributed by atoms with E-state index in [-0.39, 0.29) is 0 Å². The van der Waals surface area contributed by atoms with E-state index in [1.54, 1.807) is 6.08 Å². The molecular formula is C10H17NO2. The van der Waals surface area contributed by atoms with Gasteiger partial charge in [0.05, 0.1) is 0 Å². The maximum atomic E-state index is 10.2. The van der Waals surface area contributed by atoms with Gasteiger partial charge in [-0.05, 0) is 25.8 Å². The number of likely N-dealkylation sites (N-methyl/N-ethyl adjacent to an activating group) is 1. The van der Waals surface area contributed by atoms with Crippen molar-refractivity contribution >= 4 is 5.97 Å². The first-order valence-corrected chi connectivity index (χ1v) is 4.76. The van der Waals surface area contributed by atoms with E-state index in [1.807, 2.05) is 7.05 Å². The normalized spacial score (nSPS) is 18.0. The number of carbonyl (C=O) groups is 1. The van der Waals surface area contributed by atoms with Crippen molar-refractivity contribution in [2.75, 3.05) is 20.1 Å². The van der Waals surface area contributed by atoms with Crippen LogP contribution in [0.2, 0.25) is 0 Å². The maximum absolute atomic E-state index is 10.2. The van der Waals surface area contributed by atoms with Gasteiger partial charge in [-0.15, -0.1) is 0 Å². The van der Waals surface area contributed by atoms with Crippen LogP contribution in [0.25, 0.3) is 0 Å². The van der Waals surface area contributed by atoms with Crippen molar-refractivity contribution in [2.45, 2.75) is 19.3 Å². The van der Waals surface area contributed by atoms with Crippen LogP contribution < -0.4 is 0 Å². The molecule has 1 aliphatic carbocycles. The highest BCUT2D eigenvalue weighted by molar-refractivity contribution is 5.79. The molecule has 1 aliphatic rings. The van der Waals surface area contributed by atoms with Crippen LogP contribution in [0.15, 0.2) is 12.2 Å². The van der Waals surface area contributed by atoms with Crippen molar-refractivity contribution in [2.24, 2.45) is 5.92 Å². The lowest BCUT2D eigenvalue weighted by atomic mass is 9.85. The number of hydrogen-bond acceptors (Lipinski definition) is 2. The van der Waals surface area contributed by atoms with Gasteiger partial charge in [0.15, 0.2) is 0 Å². The van der Waals surface area contributed by atoms with E-state index in [1.165, 1.54) is 25.3 Å². The molecule has 1 N–H and O–H groups in total. The Morgan fingerprint density at radius 2 is 2.31 bits per heavy atom. The second-order valence-corrected chi connectivity index (χ2v) is 3.76. The predicted octanol–water partition coefficient (Wildman–Crippen LogP) is 1.36. The van der Waals surface area contributed by atoms with Crippen LogP contribution in [0.4, 0.5) is 0 Å². The summed E-state index contributed by atoms with van der Waals surface area (Å²) >= 11 is 0. The molecule has 1 saturated carbocycles. The van der Waals surface area contributed by atoms with E-state index in [0.29, 0.717) is 0 Å². The maximum Gasteiger partial charge on any atom is 0.328 e. The molecule has 0 aliphatic heterocycles. The molecule has 0 aromatic rings. The van der Waals surface area contributed by atoms with Crippen LogP contribution in [-0.2, 0) is 4.79 Å². The lowest BCUT2D eigenvalue weighted by molar-refractivity contribution is -0.131. The molecule has 0 saturated heterocycles. The van der Waals surface area contributed by atoms with E-state index in [9.17, 15) is 4.79 Å². The second kappa shape index (κ2) is 5.02. The second-order valence-electron chi connectivity index (χ2n) is 3.76. The van der Waals surface area contributed by atoms with Gasteiger partial charge in [0.25, 0.3) is 0 Å². The molecule has 0 bridgehead atoms. The summed E-state index contributed by atoms with van der Waals surface area (Å²) < 4.78 is 0. The average molecular weight is 183 g/mol. The highest BCUT2D eigenvalue weighted by atomic mass is 16.4. The molecule has 3 heteroatoms. The van der Waals surface area contributed by atoms with Crippen LogP contribution in [-0.4, -0.2) is 36.1 Å². The summed E-state index contributed by atoms with van der Waals surface area (Å²) in [5, 5.41) is 8.36. The summed E-state index contributed by atoms with van der Waals surface area (Å²) in [6, 6.07) is 0. The van der Waals surface area contributed by atoms with Crippen LogP contribution in [0, 0.1) is 5.92 Å². The fraction of sp³-hybridized carbons (Fsp3) is 0.700. The van der Waals surface area contributed by atoms with E-state index in [0.717, 1.165) is 19.0 Å². The summed E-state index contributed by atoms with van der Waals surface area (Å²) in [7, 11) is 2.03. The Hall–Kier alpha value is -0.830. The van der Waals surface area contributed by atoms with Gasteiger partial charge in [-0.3, -0.25) is 0 Å². The molecule has 1 rings (SSSR count). The van der Waals surface area contributed by atoms with Crippen LogP contribution in [0.3, 0.4) is 0 Å². The van der Waals surface area contributed by atoms with Crippen molar-refractivity contribution < 1.29 is 9.90 Å². The first-order valence-electron chi connectivity index (χ1n) is 4.76. The minimum atomic E-state index is -0.864. The summed E-state index contributed by atoms with van der Waals surface area (Å²) in [5.74, 6) is -0.0136. The third kappa shape index (κ3) is 4.08. The Bertz CT molecular complexity index is 197. The van der Waals surface area contributed by atoms with E-state index in [4.69, 9.17) is 5.11 Å². The number of carboxylic acids is 1. The van der Waals surface area contributed by atoms with E-state index < -0.39 is 5.97 Å². The Morgan fingerprint density at radius 3 is 2.77 bits per heavy atom. The molecule has 1 fully saturated rings. The lowest BCUT2D eigenvalue weighted by Gasteiger charge is -2.29. The molecule has 0 radical (unpaired) electrons. The fourth-order valence-corrected chi connectivity index (χ4v) is 1.52. The SMILES string of the molecule is CN(CC=CC(=O)O)CC1CCC1.